The van der Waals surface area contributed by atoms with Crippen molar-refractivity contribution in [3.05, 3.63) is 0 Å². The molecule has 1 fully saturated rings. The van der Waals surface area contributed by atoms with Gasteiger partial charge in [-0.25, -0.2) is 0 Å². The number of nitriles is 1. The standard InChI is InChI=1S/C8H11N3O2/c9-4-1-5-10-8(13)6-2-3-7(12)11-6/h6H,1-3,5H2,(H,10,13)(H,11,12)/t6-/m0/s1. The summed E-state index contributed by atoms with van der Waals surface area (Å²) in [6.07, 6.45) is 1.26. The van der Waals surface area contributed by atoms with E-state index in [9.17, 15) is 9.59 Å². The summed E-state index contributed by atoms with van der Waals surface area (Å²) in [6, 6.07) is 1.52. The Morgan fingerprint density at radius 1 is 1.77 bits per heavy atom. The number of hydrogen-bond acceptors (Lipinski definition) is 3. The first kappa shape index (κ1) is 9.52. The molecule has 0 bridgehead atoms. The third-order valence-electron chi connectivity index (χ3n) is 1.85. The molecule has 5 heteroatoms. The van der Waals surface area contributed by atoms with Crippen LogP contribution in [0, 0.1) is 11.3 Å². The Morgan fingerprint density at radius 2 is 2.54 bits per heavy atom. The fourth-order valence-corrected chi connectivity index (χ4v) is 1.18. The molecule has 0 aromatic rings. The molecule has 2 amide bonds. The monoisotopic (exact) mass is 181 g/mol. The molecule has 70 valence electrons. The van der Waals surface area contributed by atoms with Gasteiger partial charge in [0, 0.05) is 13.0 Å². The van der Waals surface area contributed by atoms with E-state index in [4.69, 9.17) is 5.26 Å². The highest BCUT2D eigenvalue weighted by Gasteiger charge is 2.26. The van der Waals surface area contributed by atoms with Crippen LogP contribution in [0.3, 0.4) is 0 Å². The summed E-state index contributed by atoms with van der Waals surface area (Å²) < 4.78 is 0. The number of amides is 2. The van der Waals surface area contributed by atoms with E-state index >= 15 is 0 Å². The second-order valence-electron chi connectivity index (χ2n) is 2.86. The van der Waals surface area contributed by atoms with E-state index in [2.05, 4.69) is 10.6 Å². The molecule has 0 radical (unpaired) electrons. The Labute approximate surface area is 76.1 Å². The van der Waals surface area contributed by atoms with Crippen molar-refractivity contribution in [2.45, 2.75) is 25.3 Å². The van der Waals surface area contributed by atoms with E-state index in [0.29, 0.717) is 25.8 Å². The van der Waals surface area contributed by atoms with Crippen molar-refractivity contribution in [1.29, 1.82) is 5.26 Å². The minimum Gasteiger partial charge on any atom is -0.353 e. The molecule has 13 heavy (non-hydrogen) atoms. The number of carbonyl (C=O) groups is 2. The van der Waals surface area contributed by atoms with E-state index in [1.54, 1.807) is 0 Å². The molecule has 1 saturated heterocycles. The Hall–Kier alpha value is -1.57. The topological polar surface area (TPSA) is 82.0 Å². The predicted molar refractivity (Wildman–Crippen MR) is 44.4 cm³/mol. The smallest absolute Gasteiger partial charge is 0.242 e. The van der Waals surface area contributed by atoms with Gasteiger partial charge < -0.3 is 10.6 Å². The van der Waals surface area contributed by atoms with Gasteiger partial charge >= 0.3 is 0 Å². The molecule has 0 aromatic carbocycles. The number of nitrogens with one attached hydrogen (secondary N) is 2. The van der Waals surface area contributed by atoms with Gasteiger partial charge in [0.05, 0.1) is 12.5 Å². The third kappa shape index (κ3) is 2.75. The Bertz CT molecular complexity index is 257. The van der Waals surface area contributed by atoms with Crippen LogP contribution < -0.4 is 10.6 Å². The van der Waals surface area contributed by atoms with Crippen molar-refractivity contribution in [3.63, 3.8) is 0 Å². The zero-order valence-corrected chi connectivity index (χ0v) is 7.17. The van der Waals surface area contributed by atoms with E-state index in [0.717, 1.165) is 0 Å². The zero-order chi connectivity index (χ0) is 9.68. The van der Waals surface area contributed by atoms with Gasteiger partial charge in [-0.3, -0.25) is 9.59 Å². The van der Waals surface area contributed by atoms with Crippen molar-refractivity contribution in [3.8, 4) is 6.07 Å². The van der Waals surface area contributed by atoms with Crippen molar-refractivity contribution in [1.82, 2.24) is 10.6 Å². The molecule has 1 aliphatic rings. The van der Waals surface area contributed by atoms with E-state index < -0.39 is 6.04 Å². The number of nitrogens with zero attached hydrogens (tertiary/aromatic N) is 1. The molecular formula is C8H11N3O2. The van der Waals surface area contributed by atoms with Crippen LogP contribution in [0.4, 0.5) is 0 Å². The first-order valence-electron chi connectivity index (χ1n) is 4.18. The SMILES string of the molecule is N#CCCNC(=O)[C@@H]1CCC(=O)N1. The van der Waals surface area contributed by atoms with Crippen LogP contribution in [-0.4, -0.2) is 24.4 Å². The van der Waals surface area contributed by atoms with Crippen LogP contribution in [-0.2, 0) is 9.59 Å². The van der Waals surface area contributed by atoms with Crippen LogP contribution in [0.5, 0.6) is 0 Å². The highest BCUT2D eigenvalue weighted by atomic mass is 16.2. The van der Waals surface area contributed by atoms with Crippen molar-refractivity contribution >= 4 is 11.8 Å². The fourth-order valence-electron chi connectivity index (χ4n) is 1.18. The minimum absolute atomic E-state index is 0.0829. The van der Waals surface area contributed by atoms with Crippen LogP contribution in [0.15, 0.2) is 0 Å². The Morgan fingerprint density at radius 3 is 3.08 bits per heavy atom. The minimum atomic E-state index is -0.397. The Balaban J connectivity index is 2.24. The molecule has 5 nitrogen and oxygen atoms in total. The highest BCUT2D eigenvalue weighted by molar-refractivity contribution is 5.90. The average Bonchev–Trinajstić information content (AvgIpc) is 2.52. The van der Waals surface area contributed by atoms with E-state index in [-0.39, 0.29) is 11.8 Å². The molecule has 0 aliphatic carbocycles. The maximum atomic E-state index is 11.2. The van der Waals surface area contributed by atoms with Gasteiger partial charge in [0.1, 0.15) is 6.04 Å². The number of rotatable bonds is 3. The molecule has 0 saturated carbocycles. The van der Waals surface area contributed by atoms with Gasteiger partial charge in [0.2, 0.25) is 11.8 Å². The maximum absolute atomic E-state index is 11.2. The summed E-state index contributed by atoms with van der Waals surface area (Å²) >= 11 is 0. The molecule has 0 unspecified atom stereocenters. The first-order chi connectivity index (χ1) is 6.24. The molecule has 1 heterocycles. The third-order valence-corrected chi connectivity index (χ3v) is 1.85. The predicted octanol–water partition coefficient (Wildman–Crippen LogP) is -0.705. The lowest BCUT2D eigenvalue weighted by molar-refractivity contribution is -0.125. The second kappa shape index (κ2) is 4.45. The maximum Gasteiger partial charge on any atom is 0.242 e. The van der Waals surface area contributed by atoms with Crippen molar-refractivity contribution < 1.29 is 9.59 Å². The molecule has 2 N–H and O–H groups in total. The fraction of sp³-hybridized carbons (Fsp3) is 0.625. The van der Waals surface area contributed by atoms with Gasteiger partial charge in [0.15, 0.2) is 0 Å². The molecule has 1 aliphatic heterocycles. The van der Waals surface area contributed by atoms with Gasteiger partial charge in [0.25, 0.3) is 0 Å². The zero-order valence-electron chi connectivity index (χ0n) is 7.17. The molecule has 0 spiro atoms. The summed E-state index contributed by atoms with van der Waals surface area (Å²) in [5.74, 6) is -0.276. The summed E-state index contributed by atoms with van der Waals surface area (Å²) in [5, 5.41) is 13.3. The van der Waals surface area contributed by atoms with E-state index in [1.165, 1.54) is 0 Å². The lowest BCUT2D eigenvalue weighted by atomic mass is 10.2. The van der Waals surface area contributed by atoms with Gasteiger partial charge in [-0.2, -0.15) is 5.26 Å². The molecule has 0 aromatic heterocycles. The second-order valence-corrected chi connectivity index (χ2v) is 2.86. The lowest BCUT2D eigenvalue weighted by Gasteiger charge is -2.08. The molecule has 1 rings (SSSR count). The van der Waals surface area contributed by atoms with Crippen LogP contribution in [0.2, 0.25) is 0 Å². The first-order valence-corrected chi connectivity index (χ1v) is 4.18. The van der Waals surface area contributed by atoms with Crippen LogP contribution in [0.1, 0.15) is 19.3 Å². The highest BCUT2D eigenvalue weighted by Crippen LogP contribution is 2.05. The number of hydrogen-bond donors (Lipinski definition) is 2. The van der Waals surface area contributed by atoms with Gasteiger partial charge in [-0.1, -0.05) is 0 Å². The van der Waals surface area contributed by atoms with Crippen LogP contribution in [0.25, 0.3) is 0 Å². The normalized spacial score (nSPS) is 20.5. The quantitative estimate of drug-likeness (QED) is 0.564. The largest absolute Gasteiger partial charge is 0.353 e. The Kier molecular flexibility index (Phi) is 3.26. The van der Waals surface area contributed by atoms with Crippen molar-refractivity contribution in [2.24, 2.45) is 0 Å². The molecular weight excluding hydrogens is 170 g/mol. The summed E-state index contributed by atoms with van der Waals surface area (Å²) in [5.41, 5.74) is 0. The van der Waals surface area contributed by atoms with E-state index in [1.807, 2.05) is 6.07 Å². The summed E-state index contributed by atoms with van der Waals surface area (Å²) in [6.45, 7) is 0.349. The van der Waals surface area contributed by atoms with Crippen LogP contribution >= 0.6 is 0 Å². The summed E-state index contributed by atoms with van der Waals surface area (Å²) in [4.78, 5) is 22.0. The average molecular weight is 181 g/mol. The summed E-state index contributed by atoms with van der Waals surface area (Å²) in [7, 11) is 0. The van der Waals surface area contributed by atoms with Gasteiger partial charge in [-0.05, 0) is 6.42 Å². The molecule has 1 atom stereocenters. The lowest BCUT2D eigenvalue weighted by Crippen LogP contribution is -2.41. The van der Waals surface area contributed by atoms with Gasteiger partial charge in [-0.15, -0.1) is 0 Å². The van der Waals surface area contributed by atoms with Crippen molar-refractivity contribution in [2.75, 3.05) is 6.54 Å². The number of carbonyl (C=O) groups excluding carboxylic acids is 2.